The Morgan fingerprint density at radius 3 is 2.33 bits per heavy atom. The lowest BCUT2D eigenvalue weighted by Crippen LogP contribution is -2.37. The number of hydrogen-bond acceptors (Lipinski definition) is 4. The molecule has 0 unspecified atom stereocenters. The number of amides is 2. The molecular weight excluding hydrogens is 351 g/mol. The lowest BCUT2D eigenvalue weighted by atomic mass is 10.2. The number of carbonyl (C=O) groups excluding carboxylic acids is 3. The summed E-state index contributed by atoms with van der Waals surface area (Å²) >= 11 is 0. The van der Waals surface area contributed by atoms with Crippen LogP contribution < -0.4 is 10.2 Å². The van der Waals surface area contributed by atoms with Gasteiger partial charge in [-0.2, -0.15) is 0 Å². The Hall–Kier alpha value is -3.22. The monoisotopic (exact) mass is 372 g/mol. The van der Waals surface area contributed by atoms with Crippen LogP contribution in [0.2, 0.25) is 0 Å². The highest BCUT2D eigenvalue weighted by molar-refractivity contribution is 5.95. The van der Waals surface area contributed by atoms with Crippen LogP contribution in [0.1, 0.15) is 34.6 Å². The van der Waals surface area contributed by atoms with E-state index in [-0.39, 0.29) is 31.2 Å². The fraction of sp³-hybridized carbons (Fsp3) is 0.250. The fourth-order valence-corrected chi connectivity index (χ4v) is 2.48. The van der Waals surface area contributed by atoms with E-state index in [1.165, 1.54) is 30.0 Å². The molecule has 0 atom stereocenters. The first-order valence-electron chi connectivity index (χ1n) is 8.52. The van der Waals surface area contributed by atoms with Gasteiger partial charge in [-0.15, -0.1) is 0 Å². The molecule has 0 spiro atoms. The number of ether oxygens (including phenoxy) is 1. The molecule has 2 amide bonds. The topological polar surface area (TPSA) is 75.7 Å². The van der Waals surface area contributed by atoms with Crippen LogP contribution >= 0.6 is 0 Å². The third-order valence-corrected chi connectivity index (χ3v) is 3.81. The van der Waals surface area contributed by atoms with Crippen LogP contribution in [-0.4, -0.2) is 37.5 Å². The second-order valence-electron chi connectivity index (χ2n) is 5.67. The zero-order chi connectivity index (χ0) is 19.8. The molecule has 0 aliphatic carbocycles. The molecule has 1 N–H and O–H groups in total. The molecule has 27 heavy (non-hydrogen) atoms. The van der Waals surface area contributed by atoms with E-state index in [9.17, 15) is 18.8 Å². The van der Waals surface area contributed by atoms with Crippen LogP contribution in [0.4, 0.5) is 10.1 Å². The highest BCUT2D eigenvalue weighted by Crippen LogP contribution is 2.16. The Kier molecular flexibility index (Phi) is 7.05. The summed E-state index contributed by atoms with van der Waals surface area (Å²) in [6.45, 7) is 3.75. The molecule has 0 aliphatic rings. The van der Waals surface area contributed by atoms with Crippen LogP contribution in [-0.2, 0) is 9.53 Å². The summed E-state index contributed by atoms with van der Waals surface area (Å²) in [5.41, 5.74) is 0.915. The van der Waals surface area contributed by atoms with Gasteiger partial charge >= 0.3 is 5.97 Å². The van der Waals surface area contributed by atoms with Crippen molar-refractivity contribution in [1.82, 2.24) is 5.32 Å². The fourth-order valence-electron chi connectivity index (χ4n) is 2.48. The number of nitrogens with zero attached hydrogens (tertiary/aromatic N) is 1. The number of anilines is 1. The second-order valence-corrected chi connectivity index (χ2v) is 5.67. The number of carbonyl (C=O) groups is 3. The highest BCUT2D eigenvalue weighted by Gasteiger charge is 2.15. The summed E-state index contributed by atoms with van der Waals surface area (Å²) in [5, 5.41) is 2.59. The SMILES string of the molecule is CCOC(=O)c1ccc(N(CCNC(=O)c2ccccc2F)C(C)=O)cc1. The van der Waals surface area contributed by atoms with Crippen molar-refractivity contribution in [2.75, 3.05) is 24.6 Å². The first kappa shape index (κ1) is 20.1. The Morgan fingerprint density at radius 2 is 1.74 bits per heavy atom. The molecule has 142 valence electrons. The molecule has 0 heterocycles. The summed E-state index contributed by atoms with van der Waals surface area (Å²) in [7, 11) is 0. The number of rotatable bonds is 7. The molecule has 0 bridgehead atoms. The summed E-state index contributed by atoms with van der Waals surface area (Å²) in [6.07, 6.45) is 0. The first-order chi connectivity index (χ1) is 12.9. The van der Waals surface area contributed by atoms with Crippen molar-refractivity contribution >= 4 is 23.5 Å². The normalized spacial score (nSPS) is 10.2. The quantitative estimate of drug-likeness (QED) is 0.759. The molecule has 0 aliphatic heterocycles. The maximum Gasteiger partial charge on any atom is 0.338 e. The van der Waals surface area contributed by atoms with Crippen molar-refractivity contribution < 1.29 is 23.5 Å². The Morgan fingerprint density at radius 1 is 1.07 bits per heavy atom. The van der Waals surface area contributed by atoms with Crippen molar-refractivity contribution in [3.63, 3.8) is 0 Å². The molecule has 2 rings (SSSR count). The Balaban J connectivity index is 1.99. The van der Waals surface area contributed by atoms with E-state index in [0.29, 0.717) is 11.3 Å². The Labute approximate surface area is 156 Å². The number of halogens is 1. The lowest BCUT2D eigenvalue weighted by Gasteiger charge is -2.21. The van der Waals surface area contributed by atoms with E-state index >= 15 is 0 Å². The van der Waals surface area contributed by atoms with Crippen LogP contribution in [0.3, 0.4) is 0 Å². The van der Waals surface area contributed by atoms with Crippen LogP contribution in [0.15, 0.2) is 48.5 Å². The third kappa shape index (κ3) is 5.37. The zero-order valence-electron chi connectivity index (χ0n) is 15.2. The lowest BCUT2D eigenvalue weighted by molar-refractivity contribution is -0.116. The van der Waals surface area contributed by atoms with Gasteiger partial charge in [0.1, 0.15) is 5.82 Å². The van der Waals surface area contributed by atoms with E-state index < -0.39 is 17.7 Å². The standard InChI is InChI=1S/C20H21FN2O4/c1-3-27-20(26)15-8-10-16(11-9-15)23(14(2)24)13-12-22-19(25)17-6-4-5-7-18(17)21/h4-11H,3,12-13H2,1-2H3,(H,22,25). The minimum atomic E-state index is -0.604. The van der Waals surface area contributed by atoms with E-state index in [2.05, 4.69) is 5.32 Å². The van der Waals surface area contributed by atoms with Crippen molar-refractivity contribution in [2.24, 2.45) is 0 Å². The van der Waals surface area contributed by atoms with Gasteiger partial charge in [-0.05, 0) is 43.3 Å². The van der Waals surface area contributed by atoms with Gasteiger partial charge in [0, 0.05) is 25.7 Å². The van der Waals surface area contributed by atoms with Gasteiger partial charge in [-0.3, -0.25) is 9.59 Å². The predicted octanol–water partition coefficient (Wildman–Crippen LogP) is 2.79. The van der Waals surface area contributed by atoms with Gasteiger partial charge < -0.3 is 15.0 Å². The molecule has 0 fully saturated rings. The molecule has 6 nitrogen and oxygen atoms in total. The predicted molar refractivity (Wildman–Crippen MR) is 99.2 cm³/mol. The number of hydrogen-bond donors (Lipinski definition) is 1. The molecule has 2 aromatic carbocycles. The van der Waals surface area contributed by atoms with Crippen LogP contribution in [0.5, 0.6) is 0 Å². The number of benzene rings is 2. The summed E-state index contributed by atoms with van der Waals surface area (Å²) in [5.74, 6) is -1.81. The summed E-state index contributed by atoms with van der Waals surface area (Å²) < 4.78 is 18.5. The molecular formula is C20H21FN2O4. The maximum absolute atomic E-state index is 13.6. The van der Waals surface area contributed by atoms with E-state index in [1.807, 2.05) is 0 Å². The maximum atomic E-state index is 13.6. The Bertz CT molecular complexity index is 821. The largest absolute Gasteiger partial charge is 0.462 e. The summed E-state index contributed by atoms with van der Waals surface area (Å²) in [4.78, 5) is 37.1. The molecule has 7 heteroatoms. The minimum absolute atomic E-state index is 0.0503. The number of esters is 1. The summed E-state index contributed by atoms with van der Waals surface area (Å²) in [6, 6.07) is 12.1. The van der Waals surface area contributed by atoms with Gasteiger partial charge in [0.15, 0.2) is 0 Å². The number of nitrogens with one attached hydrogen (secondary N) is 1. The van der Waals surface area contributed by atoms with Gasteiger partial charge in [0.05, 0.1) is 17.7 Å². The van der Waals surface area contributed by atoms with E-state index in [1.54, 1.807) is 37.3 Å². The average molecular weight is 372 g/mol. The van der Waals surface area contributed by atoms with E-state index in [4.69, 9.17) is 4.74 Å². The smallest absolute Gasteiger partial charge is 0.338 e. The zero-order valence-corrected chi connectivity index (χ0v) is 15.2. The third-order valence-electron chi connectivity index (χ3n) is 3.81. The van der Waals surface area contributed by atoms with Crippen molar-refractivity contribution in [3.05, 3.63) is 65.5 Å². The van der Waals surface area contributed by atoms with Gasteiger partial charge in [0.25, 0.3) is 5.91 Å². The van der Waals surface area contributed by atoms with E-state index in [0.717, 1.165) is 0 Å². The van der Waals surface area contributed by atoms with Gasteiger partial charge in [-0.1, -0.05) is 12.1 Å². The van der Waals surface area contributed by atoms with Gasteiger partial charge in [0.2, 0.25) is 5.91 Å². The van der Waals surface area contributed by atoms with Crippen LogP contribution in [0, 0.1) is 5.82 Å². The molecule has 0 radical (unpaired) electrons. The molecule has 0 saturated carbocycles. The van der Waals surface area contributed by atoms with Crippen LogP contribution in [0.25, 0.3) is 0 Å². The van der Waals surface area contributed by atoms with Crippen molar-refractivity contribution in [2.45, 2.75) is 13.8 Å². The highest BCUT2D eigenvalue weighted by atomic mass is 19.1. The minimum Gasteiger partial charge on any atom is -0.462 e. The molecule has 2 aromatic rings. The molecule has 0 saturated heterocycles. The van der Waals surface area contributed by atoms with Crippen molar-refractivity contribution in [3.8, 4) is 0 Å². The average Bonchev–Trinajstić information content (AvgIpc) is 2.65. The molecule has 0 aromatic heterocycles. The first-order valence-corrected chi connectivity index (χ1v) is 8.52. The second kappa shape index (κ2) is 9.47. The van der Waals surface area contributed by atoms with Crippen molar-refractivity contribution in [1.29, 1.82) is 0 Å². The van der Waals surface area contributed by atoms with Gasteiger partial charge in [-0.25, -0.2) is 9.18 Å².